The summed E-state index contributed by atoms with van der Waals surface area (Å²) in [4.78, 5) is 2.01. The number of nitrogens with zero attached hydrogens (tertiary/aromatic N) is 3. The lowest BCUT2D eigenvalue weighted by atomic mass is 9.95. The second kappa shape index (κ2) is 6.04. The van der Waals surface area contributed by atoms with Crippen molar-refractivity contribution in [3.05, 3.63) is 40.6 Å². The number of aromatic nitrogens is 2. The molecule has 0 saturated heterocycles. The Morgan fingerprint density at radius 2 is 1.83 bits per heavy atom. The van der Waals surface area contributed by atoms with E-state index in [1.54, 1.807) is 14.2 Å². The lowest BCUT2D eigenvalue weighted by Crippen LogP contribution is -2.35. The average Bonchev–Trinajstić information content (AvgIpc) is 2.56. The normalized spacial score (nSPS) is 16.9. The van der Waals surface area contributed by atoms with E-state index in [-0.39, 0.29) is 0 Å². The fourth-order valence-electron chi connectivity index (χ4n) is 2.94. The number of methoxy groups -OCH3 is 2. The number of rotatable bonds is 3. The van der Waals surface area contributed by atoms with Gasteiger partial charge in [0.2, 0.25) is 0 Å². The number of hydrogen-bond acceptors (Lipinski definition) is 6. The third-order valence-electron chi connectivity index (χ3n) is 4.33. The highest BCUT2D eigenvalue weighted by Crippen LogP contribution is 2.40. The van der Waals surface area contributed by atoms with Crippen LogP contribution in [0, 0.1) is 13.8 Å². The van der Waals surface area contributed by atoms with Crippen LogP contribution in [0.2, 0.25) is 0 Å². The fourth-order valence-corrected chi connectivity index (χ4v) is 2.94. The monoisotopic (exact) mass is 315 g/mol. The van der Waals surface area contributed by atoms with E-state index in [0.29, 0.717) is 18.8 Å². The molecule has 0 spiro atoms. The smallest absolute Gasteiger partial charge is 0.151 e. The van der Waals surface area contributed by atoms with Gasteiger partial charge in [-0.3, -0.25) is 0 Å². The Kier molecular flexibility index (Phi) is 4.09. The number of hydrogen-bond donors (Lipinski definition) is 1. The van der Waals surface area contributed by atoms with Crippen LogP contribution >= 0.6 is 0 Å². The Hall–Kier alpha value is -2.34. The van der Waals surface area contributed by atoms with Crippen LogP contribution in [-0.2, 0) is 6.54 Å². The van der Waals surface area contributed by atoms with E-state index in [2.05, 4.69) is 10.2 Å². The van der Waals surface area contributed by atoms with Crippen LogP contribution in [-0.4, -0.2) is 36.1 Å². The molecule has 0 aliphatic carbocycles. The zero-order chi connectivity index (χ0) is 16.6. The summed E-state index contributed by atoms with van der Waals surface area (Å²) >= 11 is 0. The van der Waals surface area contributed by atoms with E-state index in [1.807, 2.05) is 36.9 Å². The van der Waals surface area contributed by atoms with Gasteiger partial charge in [-0.15, -0.1) is 5.10 Å². The van der Waals surface area contributed by atoms with Crippen LogP contribution in [0.15, 0.2) is 18.2 Å². The minimum absolute atomic E-state index is 0.438. The van der Waals surface area contributed by atoms with E-state index in [1.165, 1.54) is 0 Å². The lowest BCUT2D eigenvalue weighted by molar-refractivity contribution is 0.169. The van der Waals surface area contributed by atoms with Crippen molar-refractivity contribution >= 4 is 5.82 Å². The molecule has 122 valence electrons. The number of fused-ring (bicyclic) bond motifs is 1. The number of anilines is 1. The summed E-state index contributed by atoms with van der Waals surface area (Å²) in [6.07, 6.45) is -0.674. The maximum absolute atomic E-state index is 10.6. The molecule has 1 atom stereocenters. The summed E-state index contributed by atoms with van der Waals surface area (Å²) < 4.78 is 10.9. The van der Waals surface area contributed by atoms with Crippen LogP contribution in [0.4, 0.5) is 5.82 Å². The van der Waals surface area contributed by atoms with Gasteiger partial charge in [-0.05, 0) is 37.6 Å². The molecule has 1 aliphatic heterocycles. The molecule has 3 rings (SSSR count). The van der Waals surface area contributed by atoms with Crippen molar-refractivity contribution in [2.24, 2.45) is 0 Å². The second-order valence-corrected chi connectivity index (χ2v) is 5.73. The summed E-state index contributed by atoms with van der Waals surface area (Å²) in [5.41, 5.74) is 3.70. The molecule has 0 amide bonds. The zero-order valence-electron chi connectivity index (χ0n) is 13.8. The topological polar surface area (TPSA) is 67.7 Å². The first-order chi connectivity index (χ1) is 11.0. The van der Waals surface area contributed by atoms with E-state index >= 15 is 0 Å². The van der Waals surface area contributed by atoms with Gasteiger partial charge in [0, 0.05) is 17.7 Å². The average molecular weight is 315 g/mol. The fraction of sp³-hybridized carbons (Fsp3) is 0.412. The van der Waals surface area contributed by atoms with Gasteiger partial charge in [0.1, 0.15) is 17.6 Å². The van der Waals surface area contributed by atoms with Gasteiger partial charge in [0.05, 0.1) is 26.5 Å². The first kappa shape index (κ1) is 15.6. The second-order valence-electron chi connectivity index (χ2n) is 5.73. The molecule has 6 nitrogen and oxygen atoms in total. The molecule has 1 aliphatic rings. The minimum Gasteiger partial charge on any atom is -0.496 e. The summed E-state index contributed by atoms with van der Waals surface area (Å²) in [6, 6.07) is 5.68. The lowest BCUT2D eigenvalue weighted by Gasteiger charge is -2.34. The third-order valence-corrected chi connectivity index (χ3v) is 4.33. The summed E-state index contributed by atoms with van der Waals surface area (Å²) in [5.74, 6) is 2.17. The molecule has 1 N–H and O–H groups in total. The van der Waals surface area contributed by atoms with E-state index < -0.39 is 6.10 Å². The highest BCUT2D eigenvalue weighted by molar-refractivity contribution is 5.55. The van der Waals surface area contributed by atoms with Crippen LogP contribution in [0.25, 0.3) is 0 Å². The molecule has 1 unspecified atom stereocenters. The van der Waals surface area contributed by atoms with E-state index in [0.717, 1.165) is 34.0 Å². The molecule has 0 saturated carbocycles. The van der Waals surface area contributed by atoms with Crippen LogP contribution in [0.3, 0.4) is 0 Å². The van der Waals surface area contributed by atoms with Gasteiger partial charge in [0.15, 0.2) is 5.82 Å². The highest BCUT2D eigenvalue weighted by Gasteiger charge is 2.30. The number of aliphatic hydroxyl groups excluding tert-OH is 1. The maximum Gasteiger partial charge on any atom is 0.151 e. The van der Waals surface area contributed by atoms with Crippen molar-refractivity contribution in [1.82, 2.24) is 10.2 Å². The largest absolute Gasteiger partial charge is 0.496 e. The zero-order valence-corrected chi connectivity index (χ0v) is 13.8. The first-order valence-corrected chi connectivity index (χ1v) is 7.52. The molecule has 6 heteroatoms. The Bertz CT molecular complexity index is 733. The molecular formula is C17H21N3O3. The summed E-state index contributed by atoms with van der Waals surface area (Å²) in [5, 5.41) is 19.1. The van der Waals surface area contributed by atoms with Gasteiger partial charge in [-0.25, -0.2) is 0 Å². The molecular weight excluding hydrogens is 294 g/mol. The van der Waals surface area contributed by atoms with Gasteiger partial charge < -0.3 is 19.5 Å². The maximum atomic E-state index is 10.6. The molecule has 0 bridgehead atoms. The van der Waals surface area contributed by atoms with Crippen molar-refractivity contribution in [3.8, 4) is 11.5 Å². The predicted molar refractivity (Wildman–Crippen MR) is 87.1 cm³/mol. The summed E-state index contributed by atoms with van der Waals surface area (Å²) in [7, 11) is 3.24. The Morgan fingerprint density at radius 3 is 2.48 bits per heavy atom. The number of benzene rings is 1. The van der Waals surface area contributed by atoms with Crippen molar-refractivity contribution in [1.29, 1.82) is 0 Å². The van der Waals surface area contributed by atoms with Crippen LogP contribution in [0.1, 0.15) is 28.5 Å². The van der Waals surface area contributed by atoms with E-state index in [9.17, 15) is 5.11 Å². The standard InChI is InChI=1S/C17H21N3O3/c1-10-7-16(19-18-11(10)2)20-8-12-14(22-3)5-6-15(23-4)17(12)13(21)9-20/h5-7,13,21H,8-9H2,1-4H3. The number of aliphatic hydroxyl groups is 1. The van der Waals surface area contributed by atoms with Gasteiger partial charge >= 0.3 is 0 Å². The Labute approximate surface area is 135 Å². The molecule has 0 radical (unpaired) electrons. The van der Waals surface area contributed by atoms with Gasteiger partial charge in [0.25, 0.3) is 0 Å². The molecule has 2 aromatic rings. The van der Waals surface area contributed by atoms with Gasteiger partial charge in [-0.2, -0.15) is 5.10 Å². The van der Waals surface area contributed by atoms with Crippen molar-refractivity contribution in [2.75, 3.05) is 25.7 Å². The van der Waals surface area contributed by atoms with Crippen LogP contribution in [0.5, 0.6) is 11.5 Å². The first-order valence-electron chi connectivity index (χ1n) is 7.52. The number of ether oxygens (including phenoxy) is 2. The number of β-amino-alcohol motifs (C(OH)–C–C–N with tert-alkyl or cyclic N) is 1. The molecule has 23 heavy (non-hydrogen) atoms. The molecule has 1 aromatic heterocycles. The van der Waals surface area contributed by atoms with E-state index in [4.69, 9.17) is 9.47 Å². The Balaban J connectivity index is 2.04. The van der Waals surface area contributed by atoms with Crippen LogP contribution < -0.4 is 14.4 Å². The van der Waals surface area contributed by atoms with Crippen molar-refractivity contribution in [3.63, 3.8) is 0 Å². The summed E-state index contributed by atoms with van der Waals surface area (Å²) in [6.45, 7) is 4.96. The SMILES string of the molecule is COc1ccc(OC)c2c1CN(c1cc(C)c(C)nn1)CC2O. The quantitative estimate of drug-likeness (QED) is 0.936. The Morgan fingerprint density at radius 1 is 1.13 bits per heavy atom. The molecule has 0 fully saturated rings. The minimum atomic E-state index is -0.674. The number of aryl methyl sites for hydroxylation is 2. The van der Waals surface area contributed by atoms with Crippen molar-refractivity contribution < 1.29 is 14.6 Å². The van der Waals surface area contributed by atoms with Crippen molar-refractivity contribution in [2.45, 2.75) is 26.5 Å². The highest BCUT2D eigenvalue weighted by atomic mass is 16.5. The molecule has 2 heterocycles. The van der Waals surface area contributed by atoms with Gasteiger partial charge in [-0.1, -0.05) is 0 Å². The third kappa shape index (κ3) is 2.70. The molecule has 1 aromatic carbocycles. The predicted octanol–water partition coefficient (Wildman–Crippen LogP) is 2.16.